The molecule has 4 rings (SSSR count). The van der Waals surface area contributed by atoms with Crippen LogP contribution in [0.2, 0.25) is 10.0 Å². The predicted octanol–water partition coefficient (Wildman–Crippen LogP) is 7.18. The van der Waals surface area contributed by atoms with Gasteiger partial charge in [-0.05, 0) is 47.6 Å². The zero-order valence-corrected chi connectivity index (χ0v) is 20.3. The fraction of sp³-hybridized carbons (Fsp3) is 0.385. The van der Waals surface area contributed by atoms with Crippen molar-refractivity contribution in [3.63, 3.8) is 0 Å². The van der Waals surface area contributed by atoms with Gasteiger partial charge in [-0.1, -0.05) is 69.1 Å². The number of halogens is 2. The van der Waals surface area contributed by atoms with Crippen molar-refractivity contribution in [1.82, 2.24) is 0 Å². The summed E-state index contributed by atoms with van der Waals surface area (Å²) in [6, 6.07) is 12.5. The summed E-state index contributed by atoms with van der Waals surface area (Å²) in [4.78, 5) is 29.0. The van der Waals surface area contributed by atoms with Crippen molar-refractivity contribution < 1.29 is 9.59 Å². The summed E-state index contributed by atoms with van der Waals surface area (Å²) in [7, 11) is 0. The Morgan fingerprint density at radius 2 is 1.84 bits per heavy atom. The molecule has 2 aliphatic rings. The van der Waals surface area contributed by atoms with Crippen molar-refractivity contribution in [2.24, 2.45) is 11.3 Å². The van der Waals surface area contributed by atoms with E-state index in [-0.39, 0.29) is 23.0 Å². The Labute approximate surface area is 199 Å². The van der Waals surface area contributed by atoms with Crippen molar-refractivity contribution in [3.8, 4) is 0 Å². The molecule has 1 amide bonds. The molecule has 168 valence electrons. The van der Waals surface area contributed by atoms with Crippen molar-refractivity contribution in [1.29, 1.82) is 0 Å². The van der Waals surface area contributed by atoms with E-state index in [4.69, 9.17) is 23.2 Å². The number of hydrogen-bond acceptors (Lipinski definition) is 3. The smallest absolute Gasteiger partial charge is 0.228 e. The maximum Gasteiger partial charge on any atom is 0.228 e. The van der Waals surface area contributed by atoms with Crippen LogP contribution in [0.4, 0.5) is 11.4 Å². The second-order valence-electron chi connectivity index (χ2n) is 9.91. The van der Waals surface area contributed by atoms with Gasteiger partial charge in [-0.3, -0.25) is 14.5 Å². The second-order valence-corrected chi connectivity index (χ2v) is 10.7. The minimum absolute atomic E-state index is 0.0308. The molecule has 0 aromatic heterocycles. The molecule has 1 heterocycles. The molecule has 0 saturated heterocycles. The number of hydrogen-bond donors (Lipinski definition) is 1. The van der Waals surface area contributed by atoms with Crippen molar-refractivity contribution in [2.45, 2.75) is 53.0 Å². The van der Waals surface area contributed by atoms with E-state index >= 15 is 0 Å². The monoisotopic (exact) mass is 470 g/mol. The van der Waals surface area contributed by atoms with Crippen LogP contribution >= 0.6 is 23.2 Å². The number of allylic oxidation sites excluding steroid dienone is 1. The zero-order valence-electron chi connectivity index (χ0n) is 18.8. The number of amides is 1. The van der Waals surface area contributed by atoms with Crippen molar-refractivity contribution >= 4 is 46.3 Å². The third-order valence-corrected chi connectivity index (χ3v) is 6.75. The summed E-state index contributed by atoms with van der Waals surface area (Å²) in [5.41, 5.74) is 3.69. The van der Waals surface area contributed by atoms with Crippen LogP contribution < -0.4 is 10.2 Å². The minimum atomic E-state index is -0.578. The number of para-hydroxylation sites is 2. The molecular formula is C26H28Cl2N2O2. The van der Waals surface area contributed by atoms with Gasteiger partial charge in [-0.25, -0.2) is 0 Å². The number of nitrogens with zero attached hydrogens (tertiary/aromatic N) is 1. The van der Waals surface area contributed by atoms with Gasteiger partial charge in [0.05, 0.1) is 27.5 Å². The molecule has 2 aromatic rings. The van der Waals surface area contributed by atoms with Gasteiger partial charge >= 0.3 is 0 Å². The molecule has 6 heteroatoms. The first-order valence-electron chi connectivity index (χ1n) is 11.0. The summed E-state index contributed by atoms with van der Waals surface area (Å²) in [5, 5.41) is 4.35. The summed E-state index contributed by atoms with van der Waals surface area (Å²) < 4.78 is 0. The third kappa shape index (κ3) is 4.31. The zero-order chi connectivity index (χ0) is 23.2. The number of ketones is 1. The van der Waals surface area contributed by atoms with E-state index in [1.54, 1.807) is 17.0 Å². The first-order chi connectivity index (χ1) is 15.1. The van der Waals surface area contributed by atoms with Crippen LogP contribution in [0.15, 0.2) is 53.7 Å². The van der Waals surface area contributed by atoms with E-state index in [9.17, 15) is 9.59 Å². The molecule has 1 aliphatic carbocycles. The number of nitrogens with one attached hydrogen (secondary N) is 1. The summed E-state index contributed by atoms with van der Waals surface area (Å²) in [5.74, 6) is 0.196. The van der Waals surface area contributed by atoms with Crippen molar-refractivity contribution in [3.05, 3.63) is 69.3 Å². The summed E-state index contributed by atoms with van der Waals surface area (Å²) in [6.45, 7) is 8.24. The van der Waals surface area contributed by atoms with E-state index < -0.39 is 6.04 Å². The van der Waals surface area contributed by atoms with Gasteiger partial charge < -0.3 is 5.32 Å². The number of carbonyl (C=O) groups excluding carboxylic acids is 2. The van der Waals surface area contributed by atoms with Crippen LogP contribution in [-0.2, 0) is 9.59 Å². The lowest BCUT2D eigenvalue weighted by molar-refractivity contribution is -0.120. The van der Waals surface area contributed by atoms with Gasteiger partial charge in [0.25, 0.3) is 0 Å². The highest BCUT2D eigenvalue weighted by molar-refractivity contribution is 6.42. The quantitative estimate of drug-likeness (QED) is 0.516. The average molecular weight is 471 g/mol. The molecule has 0 saturated carbocycles. The van der Waals surface area contributed by atoms with Crippen molar-refractivity contribution in [2.75, 3.05) is 10.2 Å². The molecule has 0 bridgehead atoms. The maximum atomic E-state index is 13.7. The molecule has 0 fully saturated rings. The predicted molar refractivity (Wildman–Crippen MR) is 131 cm³/mol. The number of Topliss-reactive ketones (excluding diaryl/α,β-unsaturated/α-hetero) is 1. The molecule has 32 heavy (non-hydrogen) atoms. The molecule has 0 radical (unpaired) electrons. The lowest BCUT2D eigenvalue weighted by atomic mass is 9.73. The normalized spacial score (nSPS) is 19.9. The lowest BCUT2D eigenvalue weighted by Crippen LogP contribution is -2.40. The number of rotatable bonds is 3. The van der Waals surface area contributed by atoms with Crippen LogP contribution in [-0.4, -0.2) is 11.7 Å². The summed E-state index contributed by atoms with van der Waals surface area (Å²) in [6.07, 6.45) is 1.51. The minimum Gasteiger partial charge on any atom is -0.357 e. The largest absolute Gasteiger partial charge is 0.357 e. The Balaban J connectivity index is 2.00. The number of carbonyl (C=O) groups is 2. The Bertz CT molecular complexity index is 1120. The second kappa shape index (κ2) is 8.57. The average Bonchev–Trinajstić information content (AvgIpc) is 2.82. The van der Waals surface area contributed by atoms with E-state index in [0.717, 1.165) is 22.6 Å². The van der Waals surface area contributed by atoms with Crippen LogP contribution in [0, 0.1) is 11.3 Å². The molecule has 0 spiro atoms. The fourth-order valence-corrected chi connectivity index (χ4v) is 5.01. The van der Waals surface area contributed by atoms with Gasteiger partial charge in [0.15, 0.2) is 5.78 Å². The number of fused-ring (bicyclic) bond motifs is 1. The standard InChI is InChI=1S/C26H28Cl2N2O2/c1-15(2)11-23(32)30-21-8-6-5-7-19(21)29-20-13-26(3,4)14-22(31)24(20)25(30)16-9-10-17(27)18(28)12-16/h5-10,12,15,25,29H,11,13-14H2,1-4H3. The van der Waals surface area contributed by atoms with Gasteiger partial charge in [-0.15, -0.1) is 0 Å². The maximum absolute atomic E-state index is 13.7. The van der Waals surface area contributed by atoms with Gasteiger partial charge in [-0.2, -0.15) is 0 Å². The van der Waals surface area contributed by atoms with Crippen LogP contribution in [0.25, 0.3) is 0 Å². The molecule has 1 aliphatic heterocycles. The Morgan fingerprint density at radius 3 is 2.53 bits per heavy atom. The van der Waals surface area contributed by atoms with E-state index in [1.165, 1.54) is 0 Å². The first kappa shape index (κ1) is 22.9. The Kier molecular flexibility index (Phi) is 6.12. The molecule has 1 atom stereocenters. The highest BCUT2D eigenvalue weighted by atomic mass is 35.5. The van der Waals surface area contributed by atoms with Gasteiger partial charge in [0, 0.05) is 24.1 Å². The van der Waals surface area contributed by atoms with Crippen LogP contribution in [0.1, 0.15) is 58.6 Å². The SMILES string of the molecule is CC(C)CC(=O)N1c2ccccc2NC2=C(C(=O)CC(C)(C)C2)C1c1ccc(Cl)c(Cl)c1. The Morgan fingerprint density at radius 1 is 1.12 bits per heavy atom. The number of benzene rings is 2. The highest BCUT2D eigenvalue weighted by Crippen LogP contribution is 2.49. The van der Waals surface area contributed by atoms with E-state index in [0.29, 0.717) is 34.9 Å². The third-order valence-electron chi connectivity index (χ3n) is 6.01. The molecule has 4 nitrogen and oxygen atoms in total. The molecule has 1 N–H and O–H groups in total. The van der Waals surface area contributed by atoms with Crippen LogP contribution in [0.3, 0.4) is 0 Å². The van der Waals surface area contributed by atoms with Gasteiger partial charge in [0.1, 0.15) is 0 Å². The van der Waals surface area contributed by atoms with Gasteiger partial charge in [0.2, 0.25) is 5.91 Å². The highest BCUT2D eigenvalue weighted by Gasteiger charge is 2.43. The summed E-state index contributed by atoms with van der Waals surface area (Å²) >= 11 is 12.6. The van der Waals surface area contributed by atoms with E-state index in [1.807, 2.05) is 44.2 Å². The Hall–Kier alpha value is -2.30. The molecular weight excluding hydrogens is 443 g/mol. The number of anilines is 2. The first-order valence-corrected chi connectivity index (χ1v) is 11.7. The topological polar surface area (TPSA) is 49.4 Å². The molecule has 2 aromatic carbocycles. The lowest BCUT2D eigenvalue weighted by Gasteiger charge is -2.37. The van der Waals surface area contributed by atoms with Crippen LogP contribution in [0.5, 0.6) is 0 Å². The fourth-order valence-electron chi connectivity index (χ4n) is 4.71. The van der Waals surface area contributed by atoms with E-state index in [2.05, 4.69) is 19.2 Å². The molecule has 1 unspecified atom stereocenters.